The van der Waals surface area contributed by atoms with E-state index in [0.29, 0.717) is 26.2 Å². The molecule has 0 saturated carbocycles. The molecule has 160 valence electrons. The number of carbonyl (C=O) groups is 1. The molecule has 1 aliphatic rings. The van der Waals surface area contributed by atoms with Crippen LogP contribution in [0.1, 0.15) is 22.7 Å². The summed E-state index contributed by atoms with van der Waals surface area (Å²) in [6.45, 7) is 2.53. The van der Waals surface area contributed by atoms with Crippen LogP contribution >= 0.6 is 0 Å². The highest BCUT2D eigenvalue weighted by atomic mass is 19.1. The van der Waals surface area contributed by atoms with Crippen molar-refractivity contribution in [2.45, 2.75) is 12.6 Å². The van der Waals surface area contributed by atoms with Gasteiger partial charge in [0, 0.05) is 26.2 Å². The third-order valence-electron chi connectivity index (χ3n) is 5.51. The molecule has 1 fully saturated rings. The second kappa shape index (κ2) is 9.71. The van der Waals surface area contributed by atoms with E-state index in [0.717, 1.165) is 16.7 Å². The van der Waals surface area contributed by atoms with Crippen LogP contribution in [0.4, 0.5) is 13.6 Å². The van der Waals surface area contributed by atoms with Gasteiger partial charge in [-0.25, -0.2) is 13.6 Å². The molecule has 6 heteroatoms. The van der Waals surface area contributed by atoms with E-state index in [-0.39, 0.29) is 30.4 Å². The van der Waals surface area contributed by atoms with Crippen LogP contribution in [0.5, 0.6) is 0 Å². The van der Waals surface area contributed by atoms with Gasteiger partial charge in [-0.1, -0.05) is 54.6 Å². The number of nitrogens with zero attached hydrogens (tertiary/aromatic N) is 2. The summed E-state index contributed by atoms with van der Waals surface area (Å²) in [5.74, 6) is -0.597. The van der Waals surface area contributed by atoms with E-state index in [4.69, 9.17) is 4.74 Å². The molecular weight excluding hydrogens is 398 g/mol. The highest BCUT2D eigenvalue weighted by molar-refractivity contribution is 5.67. The van der Waals surface area contributed by atoms with Crippen molar-refractivity contribution in [1.82, 2.24) is 9.80 Å². The lowest BCUT2D eigenvalue weighted by atomic mass is 9.96. The van der Waals surface area contributed by atoms with Gasteiger partial charge in [0.2, 0.25) is 0 Å². The summed E-state index contributed by atoms with van der Waals surface area (Å²) in [4.78, 5) is 16.4. The van der Waals surface area contributed by atoms with Crippen molar-refractivity contribution < 1.29 is 18.3 Å². The van der Waals surface area contributed by atoms with E-state index in [1.165, 1.54) is 24.3 Å². The molecule has 0 N–H and O–H groups in total. The van der Waals surface area contributed by atoms with Crippen LogP contribution in [0.3, 0.4) is 0 Å². The number of hydrogen-bond acceptors (Lipinski definition) is 3. The monoisotopic (exact) mass is 422 g/mol. The molecule has 3 aromatic rings. The standard InChI is InChI=1S/C25H24F2N2O2/c26-22-10-6-20(7-11-22)24(21-8-12-23(27)13-9-21)28-14-16-29(17-15-28)25(30)31-18-19-4-2-1-3-5-19/h1-13,24H,14-18H2. The molecule has 1 aliphatic heterocycles. The van der Waals surface area contributed by atoms with E-state index in [9.17, 15) is 13.6 Å². The van der Waals surface area contributed by atoms with Crippen LogP contribution in [0.2, 0.25) is 0 Å². The van der Waals surface area contributed by atoms with E-state index in [2.05, 4.69) is 4.90 Å². The van der Waals surface area contributed by atoms with Gasteiger partial charge in [0.05, 0.1) is 6.04 Å². The lowest BCUT2D eigenvalue weighted by molar-refractivity contribution is 0.0645. The van der Waals surface area contributed by atoms with E-state index in [1.807, 2.05) is 30.3 Å². The first-order valence-electron chi connectivity index (χ1n) is 10.3. The summed E-state index contributed by atoms with van der Waals surface area (Å²) >= 11 is 0. The van der Waals surface area contributed by atoms with Gasteiger partial charge in [0.25, 0.3) is 0 Å². The molecule has 0 unspecified atom stereocenters. The van der Waals surface area contributed by atoms with Gasteiger partial charge in [0.1, 0.15) is 18.2 Å². The Balaban J connectivity index is 1.43. The van der Waals surface area contributed by atoms with Crippen LogP contribution in [-0.2, 0) is 11.3 Å². The maximum absolute atomic E-state index is 13.5. The Morgan fingerprint density at radius 2 is 1.29 bits per heavy atom. The molecule has 0 atom stereocenters. The summed E-state index contributed by atoms with van der Waals surface area (Å²) in [5, 5.41) is 0. The number of hydrogen-bond donors (Lipinski definition) is 0. The van der Waals surface area contributed by atoms with Crippen molar-refractivity contribution >= 4 is 6.09 Å². The van der Waals surface area contributed by atoms with Crippen LogP contribution in [-0.4, -0.2) is 42.1 Å². The Bertz CT molecular complexity index is 941. The second-order valence-electron chi connectivity index (χ2n) is 7.57. The fourth-order valence-electron chi connectivity index (χ4n) is 3.88. The van der Waals surface area contributed by atoms with Crippen molar-refractivity contribution in [2.75, 3.05) is 26.2 Å². The Hall–Kier alpha value is -3.25. The smallest absolute Gasteiger partial charge is 0.410 e. The first-order chi connectivity index (χ1) is 15.1. The predicted octanol–water partition coefficient (Wildman–Crippen LogP) is 5.01. The largest absolute Gasteiger partial charge is 0.445 e. The van der Waals surface area contributed by atoms with Crippen LogP contribution in [0.25, 0.3) is 0 Å². The molecule has 1 heterocycles. The SMILES string of the molecule is O=C(OCc1ccccc1)N1CCN(C(c2ccc(F)cc2)c2ccc(F)cc2)CC1. The number of ether oxygens (including phenoxy) is 1. The number of halogens is 2. The van der Waals surface area contributed by atoms with Crippen molar-refractivity contribution in [1.29, 1.82) is 0 Å². The molecule has 0 bridgehead atoms. The quantitative estimate of drug-likeness (QED) is 0.580. The van der Waals surface area contributed by atoms with Gasteiger partial charge in [-0.05, 0) is 41.0 Å². The van der Waals surface area contributed by atoms with Gasteiger partial charge >= 0.3 is 6.09 Å². The second-order valence-corrected chi connectivity index (χ2v) is 7.57. The number of benzene rings is 3. The van der Waals surface area contributed by atoms with Crippen LogP contribution in [0, 0.1) is 11.6 Å². The third kappa shape index (κ3) is 5.27. The van der Waals surface area contributed by atoms with Gasteiger partial charge in [0.15, 0.2) is 0 Å². The molecule has 3 aromatic carbocycles. The lowest BCUT2D eigenvalue weighted by Gasteiger charge is -2.39. The number of piperazine rings is 1. The predicted molar refractivity (Wildman–Crippen MR) is 114 cm³/mol. The topological polar surface area (TPSA) is 32.8 Å². The van der Waals surface area contributed by atoms with Crippen molar-refractivity contribution in [3.8, 4) is 0 Å². The minimum Gasteiger partial charge on any atom is -0.445 e. The number of carbonyl (C=O) groups excluding carboxylic acids is 1. The Labute approximate surface area is 180 Å². The van der Waals surface area contributed by atoms with E-state index < -0.39 is 0 Å². The number of amides is 1. The van der Waals surface area contributed by atoms with Crippen LogP contribution < -0.4 is 0 Å². The van der Waals surface area contributed by atoms with Crippen molar-refractivity contribution in [3.63, 3.8) is 0 Å². The summed E-state index contributed by atoms with van der Waals surface area (Å²) in [5.41, 5.74) is 2.79. The first-order valence-corrected chi connectivity index (χ1v) is 10.3. The zero-order chi connectivity index (χ0) is 21.6. The third-order valence-corrected chi connectivity index (χ3v) is 5.51. The molecular formula is C25H24F2N2O2. The molecule has 4 rings (SSSR count). The summed E-state index contributed by atoms with van der Waals surface area (Å²) < 4.78 is 32.4. The van der Waals surface area contributed by atoms with Gasteiger partial charge in [-0.15, -0.1) is 0 Å². The number of rotatable bonds is 5. The summed E-state index contributed by atoms with van der Waals surface area (Å²) in [6.07, 6.45) is -0.330. The zero-order valence-corrected chi connectivity index (χ0v) is 17.1. The van der Waals surface area contributed by atoms with E-state index in [1.54, 1.807) is 29.2 Å². The average molecular weight is 422 g/mol. The zero-order valence-electron chi connectivity index (χ0n) is 17.1. The lowest BCUT2D eigenvalue weighted by Crippen LogP contribution is -2.50. The Morgan fingerprint density at radius 1 is 0.774 bits per heavy atom. The molecule has 1 amide bonds. The molecule has 0 spiro atoms. The molecule has 31 heavy (non-hydrogen) atoms. The minimum absolute atomic E-state index is 0.149. The first kappa shape index (κ1) is 21.0. The summed E-state index contributed by atoms with van der Waals surface area (Å²) in [7, 11) is 0. The highest BCUT2D eigenvalue weighted by Crippen LogP contribution is 2.30. The molecule has 0 aliphatic carbocycles. The fraction of sp³-hybridized carbons (Fsp3) is 0.240. The highest BCUT2D eigenvalue weighted by Gasteiger charge is 2.29. The molecule has 1 saturated heterocycles. The normalized spacial score (nSPS) is 14.6. The molecule has 4 nitrogen and oxygen atoms in total. The fourth-order valence-corrected chi connectivity index (χ4v) is 3.88. The van der Waals surface area contributed by atoms with Crippen molar-refractivity contribution in [2.24, 2.45) is 0 Å². The summed E-state index contributed by atoms with van der Waals surface area (Å²) in [6, 6.07) is 22.2. The Morgan fingerprint density at radius 3 is 1.81 bits per heavy atom. The van der Waals surface area contributed by atoms with Crippen LogP contribution in [0.15, 0.2) is 78.9 Å². The van der Waals surface area contributed by atoms with Gasteiger partial charge in [-0.2, -0.15) is 0 Å². The van der Waals surface area contributed by atoms with Crippen molar-refractivity contribution in [3.05, 3.63) is 107 Å². The average Bonchev–Trinajstić information content (AvgIpc) is 2.81. The van der Waals surface area contributed by atoms with Gasteiger partial charge in [-0.3, -0.25) is 4.90 Å². The Kier molecular flexibility index (Phi) is 6.57. The van der Waals surface area contributed by atoms with E-state index >= 15 is 0 Å². The molecule has 0 radical (unpaired) electrons. The maximum atomic E-state index is 13.5. The maximum Gasteiger partial charge on any atom is 0.410 e. The molecule has 0 aromatic heterocycles. The van der Waals surface area contributed by atoms with Gasteiger partial charge < -0.3 is 9.64 Å². The minimum atomic E-state index is -0.330.